The van der Waals surface area contributed by atoms with Crippen molar-refractivity contribution in [3.8, 4) is 0 Å². The average molecular weight is 259 g/mol. The predicted octanol–water partition coefficient (Wildman–Crippen LogP) is 1.83. The maximum absolute atomic E-state index is 5.71. The van der Waals surface area contributed by atoms with E-state index in [1.54, 1.807) is 7.11 Å². The molecule has 2 unspecified atom stereocenters. The Labute approximate surface area is 111 Å². The molecule has 1 aliphatic carbocycles. The Morgan fingerprint density at radius 1 is 1.22 bits per heavy atom. The fourth-order valence-electron chi connectivity index (χ4n) is 2.43. The molecule has 0 radical (unpaired) electrons. The first-order valence-electron chi connectivity index (χ1n) is 7.04. The zero-order valence-electron chi connectivity index (χ0n) is 12.3. The largest absolute Gasteiger partial charge is 0.385 e. The molecule has 0 spiro atoms. The van der Waals surface area contributed by atoms with Crippen LogP contribution in [0.2, 0.25) is 0 Å². The molecule has 1 N–H and O–H groups in total. The fraction of sp³-hybridized carbons (Fsp3) is 1.00. The zero-order valence-corrected chi connectivity index (χ0v) is 12.3. The molecule has 0 heterocycles. The molecule has 108 valence electrons. The molecule has 1 aliphatic rings. The van der Waals surface area contributed by atoms with Crippen molar-refractivity contribution in [3.05, 3.63) is 0 Å². The Morgan fingerprint density at radius 3 is 2.61 bits per heavy atom. The van der Waals surface area contributed by atoms with Gasteiger partial charge in [-0.2, -0.15) is 0 Å². The van der Waals surface area contributed by atoms with E-state index in [-0.39, 0.29) is 5.41 Å². The van der Waals surface area contributed by atoms with Crippen molar-refractivity contribution in [2.75, 3.05) is 40.1 Å². The van der Waals surface area contributed by atoms with Gasteiger partial charge in [0.1, 0.15) is 0 Å². The van der Waals surface area contributed by atoms with Gasteiger partial charge < -0.3 is 19.5 Å². The van der Waals surface area contributed by atoms with E-state index in [1.165, 1.54) is 0 Å². The van der Waals surface area contributed by atoms with E-state index in [4.69, 9.17) is 14.2 Å². The summed E-state index contributed by atoms with van der Waals surface area (Å²) in [6.07, 6.45) is 2.49. The van der Waals surface area contributed by atoms with Crippen molar-refractivity contribution >= 4 is 0 Å². The first kappa shape index (κ1) is 15.9. The van der Waals surface area contributed by atoms with Crippen LogP contribution in [-0.4, -0.2) is 52.2 Å². The minimum Gasteiger partial charge on any atom is -0.385 e. The van der Waals surface area contributed by atoms with Crippen molar-refractivity contribution in [3.63, 3.8) is 0 Å². The first-order valence-corrected chi connectivity index (χ1v) is 7.04. The Bertz CT molecular complexity index is 221. The van der Waals surface area contributed by atoms with Crippen LogP contribution in [0.3, 0.4) is 0 Å². The smallest absolute Gasteiger partial charge is 0.0655 e. The average Bonchev–Trinajstić information content (AvgIpc) is 2.35. The van der Waals surface area contributed by atoms with Crippen LogP contribution in [0.1, 0.15) is 33.6 Å². The maximum Gasteiger partial charge on any atom is 0.0655 e. The molecule has 4 heteroatoms. The molecule has 0 saturated heterocycles. The fourth-order valence-corrected chi connectivity index (χ4v) is 2.43. The van der Waals surface area contributed by atoms with Crippen LogP contribution in [0, 0.1) is 5.41 Å². The summed E-state index contributed by atoms with van der Waals surface area (Å²) >= 11 is 0. The van der Waals surface area contributed by atoms with E-state index in [9.17, 15) is 0 Å². The van der Waals surface area contributed by atoms with Crippen LogP contribution in [-0.2, 0) is 14.2 Å². The molecule has 1 fully saturated rings. The van der Waals surface area contributed by atoms with Gasteiger partial charge >= 0.3 is 0 Å². The monoisotopic (exact) mass is 259 g/mol. The summed E-state index contributed by atoms with van der Waals surface area (Å²) < 4.78 is 16.2. The Morgan fingerprint density at radius 2 is 2.00 bits per heavy atom. The van der Waals surface area contributed by atoms with Gasteiger partial charge in [-0.25, -0.2) is 0 Å². The summed E-state index contributed by atoms with van der Waals surface area (Å²) in [7, 11) is 1.72. The van der Waals surface area contributed by atoms with Crippen LogP contribution in [0.4, 0.5) is 0 Å². The number of methoxy groups -OCH3 is 1. The van der Waals surface area contributed by atoms with Crippen molar-refractivity contribution in [1.29, 1.82) is 0 Å². The number of ether oxygens (including phenoxy) is 3. The lowest BCUT2D eigenvalue weighted by Crippen LogP contribution is -2.61. The van der Waals surface area contributed by atoms with E-state index in [2.05, 4.69) is 26.1 Å². The van der Waals surface area contributed by atoms with Gasteiger partial charge in [-0.05, 0) is 19.8 Å². The normalized spacial score (nSPS) is 26.0. The van der Waals surface area contributed by atoms with Gasteiger partial charge in [0, 0.05) is 44.9 Å². The van der Waals surface area contributed by atoms with Gasteiger partial charge in [0.2, 0.25) is 0 Å². The zero-order chi connectivity index (χ0) is 13.4. The molecule has 1 saturated carbocycles. The van der Waals surface area contributed by atoms with Crippen molar-refractivity contribution in [2.45, 2.75) is 45.8 Å². The van der Waals surface area contributed by atoms with E-state index in [0.717, 1.165) is 45.8 Å². The second-order valence-corrected chi connectivity index (χ2v) is 5.47. The Balaban J connectivity index is 2.00. The van der Waals surface area contributed by atoms with E-state index in [1.807, 2.05) is 0 Å². The highest BCUT2D eigenvalue weighted by Crippen LogP contribution is 2.42. The van der Waals surface area contributed by atoms with E-state index < -0.39 is 0 Å². The van der Waals surface area contributed by atoms with Gasteiger partial charge in [0.15, 0.2) is 0 Å². The highest BCUT2D eigenvalue weighted by Gasteiger charge is 2.48. The third-order valence-electron chi connectivity index (χ3n) is 3.82. The molecule has 4 nitrogen and oxygen atoms in total. The lowest BCUT2D eigenvalue weighted by molar-refractivity contribution is -0.114. The van der Waals surface area contributed by atoms with E-state index >= 15 is 0 Å². The number of hydrogen-bond donors (Lipinski definition) is 1. The van der Waals surface area contributed by atoms with Gasteiger partial charge in [-0.3, -0.25) is 0 Å². The molecular weight excluding hydrogens is 230 g/mol. The predicted molar refractivity (Wildman–Crippen MR) is 72.9 cm³/mol. The van der Waals surface area contributed by atoms with Gasteiger partial charge in [0.05, 0.1) is 12.7 Å². The Kier molecular flexibility index (Phi) is 7.15. The molecule has 0 aliphatic heterocycles. The van der Waals surface area contributed by atoms with Gasteiger partial charge in [0.25, 0.3) is 0 Å². The highest BCUT2D eigenvalue weighted by atomic mass is 16.5. The summed E-state index contributed by atoms with van der Waals surface area (Å²) in [5.74, 6) is 0. The summed E-state index contributed by atoms with van der Waals surface area (Å²) in [5.41, 5.74) is 0.242. The molecule has 0 aromatic rings. The molecule has 18 heavy (non-hydrogen) atoms. The minimum absolute atomic E-state index is 0.242. The third-order valence-corrected chi connectivity index (χ3v) is 3.82. The molecule has 0 amide bonds. The van der Waals surface area contributed by atoms with Crippen molar-refractivity contribution < 1.29 is 14.2 Å². The van der Waals surface area contributed by atoms with Crippen molar-refractivity contribution in [2.24, 2.45) is 5.41 Å². The molecule has 2 atom stereocenters. The lowest BCUT2D eigenvalue weighted by atomic mass is 9.64. The second-order valence-electron chi connectivity index (χ2n) is 5.47. The summed E-state index contributed by atoms with van der Waals surface area (Å²) in [4.78, 5) is 0. The molecule has 1 rings (SSSR count). The lowest BCUT2D eigenvalue weighted by Gasteiger charge is -2.52. The molecule has 0 aromatic carbocycles. The van der Waals surface area contributed by atoms with Crippen molar-refractivity contribution in [1.82, 2.24) is 5.32 Å². The van der Waals surface area contributed by atoms with Crippen LogP contribution in [0.15, 0.2) is 0 Å². The van der Waals surface area contributed by atoms with Crippen LogP contribution < -0.4 is 5.32 Å². The standard InChI is InChI=1S/C14H29NO3/c1-5-18-13-11-12(14(13,2)3)15-7-10-17-9-6-8-16-4/h12-13,15H,5-11H2,1-4H3. The minimum atomic E-state index is 0.242. The third kappa shape index (κ3) is 4.50. The quantitative estimate of drug-likeness (QED) is 0.608. The Hall–Kier alpha value is -0.160. The topological polar surface area (TPSA) is 39.7 Å². The first-order chi connectivity index (χ1) is 8.62. The summed E-state index contributed by atoms with van der Waals surface area (Å²) in [6.45, 7) is 10.7. The second kappa shape index (κ2) is 8.10. The highest BCUT2D eigenvalue weighted by molar-refractivity contribution is 5.02. The molecular formula is C14H29NO3. The SMILES string of the molecule is CCOC1CC(NCCOCCCOC)C1(C)C. The summed E-state index contributed by atoms with van der Waals surface area (Å²) in [6, 6.07) is 0.552. The van der Waals surface area contributed by atoms with Gasteiger partial charge in [-0.1, -0.05) is 13.8 Å². The van der Waals surface area contributed by atoms with E-state index in [0.29, 0.717) is 12.1 Å². The van der Waals surface area contributed by atoms with Crippen LogP contribution >= 0.6 is 0 Å². The molecule has 0 aromatic heterocycles. The number of nitrogens with one attached hydrogen (secondary N) is 1. The van der Waals surface area contributed by atoms with Gasteiger partial charge in [-0.15, -0.1) is 0 Å². The molecule has 0 bridgehead atoms. The number of hydrogen-bond acceptors (Lipinski definition) is 4. The number of rotatable bonds is 10. The van der Waals surface area contributed by atoms with Crippen LogP contribution in [0.5, 0.6) is 0 Å². The maximum atomic E-state index is 5.71. The summed E-state index contributed by atoms with van der Waals surface area (Å²) in [5, 5.41) is 3.55. The van der Waals surface area contributed by atoms with Crippen LogP contribution in [0.25, 0.3) is 0 Å².